The van der Waals surface area contributed by atoms with Gasteiger partial charge in [-0.25, -0.2) is 0 Å². The summed E-state index contributed by atoms with van der Waals surface area (Å²) in [6.45, 7) is 13.5. The highest BCUT2D eigenvalue weighted by molar-refractivity contribution is 6.33. The molecule has 2 aromatic carbocycles. The molecule has 0 atom stereocenters. The Morgan fingerprint density at radius 3 is 2.04 bits per heavy atom. The third kappa shape index (κ3) is 6.49. The summed E-state index contributed by atoms with van der Waals surface area (Å²) < 4.78 is 42.5. The van der Waals surface area contributed by atoms with Crippen LogP contribution in [0.25, 0.3) is 0 Å². The number of rotatable bonds is 5. The summed E-state index contributed by atoms with van der Waals surface area (Å²) in [5.74, 6) is 1.81. The zero-order valence-corrected chi connectivity index (χ0v) is 28.8. The van der Waals surface area contributed by atoms with Gasteiger partial charge in [0.15, 0.2) is 5.71 Å². The molecule has 3 aliphatic rings. The van der Waals surface area contributed by atoms with E-state index >= 15 is 0 Å². The lowest BCUT2D eigenvalue weighted by Crippen LogP contribution is -2.26. The Labute approximate surface area is 271 Å². The minimum Gasteiger partial charge on any atom is -0.497 e. The van der Waals surface area contributed by atoms with E-state index in [-0.39, 0.29) is 10.8 Å². The number of allylic oxidation sites excluding steroid dienone is 8. The lowest BCUT2D eigenvalue weighted by Gasteiger charge is -2.24. The summed E-state index contributed by atoms with van der Waals surface area (Å²) >= 11 is 7.10. The summed E-state index contributed by atoms with van der Waals surface area (Å²) in [5.41, 5.74) is 12.2. The molecule has 0 amide bonds. The summed E-state index contributed by atoms with van der Waals surface area (Å²) in [7, 11) is 4.13. The number of nitrogens with zero attached hydrogens (tertiary/aromatic N) is 2. The maximum atomic E-state index is 9.67. The van der Waals surface area contributed by atoms with E-state index in [4.69, 9.17) is 21.1 Å². The fourth-order valence-corrected chi connectivity index (χ4v) is 7.45. The topological polar surface area (TPSA) is 24.7 Å². The predicted molar refractivity (Wildman–Crippen MR) is 182 cm³/mol. The second-order valence-electron chi connectivity index (χ2n) is 13.0. The van der Waals surface area contributed by atoms with Crippen molar-refractivity contribution in [3.05, 3.63) is 92.7 Å². The maximum absolute atomic E-state index is 9.67. The van der Waals surface area contributed by atoms with E-state index < -0.39 is 7.54 Å². The molecule has 0 radical (unpaired) electrons. The summed E-state index contributed by atoms with van der Waals surface area (Å²) in [6.07, 6.45) is 12.1. The van der Waals surface area contributed by atoms with Crippen LogP contribution < -0.4 is 14.4 Å². The Kier molecular flexibility index (Phi) is 10.1. The van der Waals surface area contributed by atoms with Crippen LogP contribution in [0.3, 0.4) is 0 Å². The SMILES string of the molecule is COc1cc(C)c2c(c1)C(C)(C)C(/C=C/C1=C(Cl)C(=C/C=C3\N(C)c4c(C)cc(OC)cc4C3(C)C)CCC1)=[N+]2C.FB(F)F. The van der Waals surface area contributed by atoms with Crippen LogP contribution in [-0.2, 0) is 10.8 Å². The van der Waals surface area contributed by atoms with Crippen LogP contribution in [-0.4, -0.2) is 46.1 Å². The van der Waals surface area contributed by atoms with Crippen LogP contribution in [0.2, 0.25) is 0 Å². The molecular weight excluding hydrogens is 596 g/mol. The van der Waals surface area contributed by atoms with Gasteiger partial charge in [-0.2, -0.15) is 4.58 Å². The first kappa shape index (κ1) is 34.5. The molecule has 0 spiro atoms. The summed E-state index contributed by atoms with van der Waals surface area (Å²) in [5, 5.41) is 0.882. The first-order valence-corrected chi connectivity index (χ1v) is 15.6. The highest BCUT2D eigenvalue weighted by Gasteiger charge is 2.44. The van der Waals surface area contributed by atoms with Gasteiger partial charge in [0.25, 0.3) is 0 Å². The third-order valence-corrected chi connectivity index (χ3v) is 9.87. The molecule has 0 fully saturated rings. The summed E-state index contributed by atoms with van der Waals surface area (Å²) in [6, 6.07) is 8.59. The lowest BCUT2D eigenvalue weighted by molar-refractivity contribution is -0.402. The van der Waals surface area contributed by atoms with Crippen LogP contribution >= 0.6 is 11.6 Å². The largest absolute Gasteiger partial charge is 0.762 e. The van der Waals surface area contributed by atoms with E-state index in [0.717, 1.165) is 35.8 Å². The molecule has 2 aliphatic heterocycles. The van der Waals surface area contributed by atoms with E-state index in [1.807, 2.05) is 0 Å². The third-order valence-electron chi connectivity index (χ3n) is 9.38. The number of halogens is 4. The average molecular weight is 640 g/mol. The van der Waals surface area contributed by atoms with E-state index in [1.54, 1.807) is 14.2 Å². The number of aryl methyl sites for hydroxylation is 2. The van der Waals surface area contributed by atoms with Gasteiger partial charge in [-0.1, -0.05) is 37.6 Å². The van der Waals surface area contributed by atoms with Crippen molar-refractivity contribution < 1.29 is 27.0 Å². The number of hydrogen-bond donors (Lipinski definition) is 0. The minimum atomic E-state index is -3.67. The van der Waals surface area contributed by atoms with Crippen molar-refractivity contribution in [3.8, 4) is 11.5 Å². The molecule has 0 saturated heterocycles. The van der Waals surface area contributed by atoms with E-state index in [0.29, 0.717) is 0 Å². The Balaban J connectivity index is 0.00000109. The Hall–Kier alpha value is -3.39. The molecule has 240 valence electrons. The highest BCUT2D eigenvalue weighted by Crippen LogP contribution is 2.50. The molecule has 0 saturated carbocycles. The van der Waals surface area contributed by atoms with Crippen LogP contribution in [0.15, 0.2) is 70.4 Å². The van der Waals surface area contributed by atoms with Gasteiger partial charge in [0.2, 0.25) is 5.69 Å². The monoisotopic (exact) mass is 639 g/mol. The predicted octanol–water partition coefficient (Wildman–Crippen LogP) is 9.68. The molecule has 0 unspecified atom stereocenters. The van der Waals surface area contributed by atoms with Crippen LogP contribution in [0, 0.1) is 13.8 Å². The molecule has 0 N–H and O–H groups in total. The standard InChI is InChI=1S/C36H44ClN2O2.BF3/c1-22-18-26(40-9)20-28-33(22)38(7)30(35(28,3)4)16-14-24-12-11-13-25(32(24)37)15-17-31-36(5,6)29-21-27(41-10)19-23(2)34(29)39(31)8;2-1(3)4/h14-21H,11-13H2,1-10H3;/q+1;. The van der Waals surface area contributed by atoms with Crippen molar-refractivity contribution in [1.82, 2.24) is 0 Å². The maximum Gasteiger partial charge on any atom is 0.762 e. The van der Waals surface area contributed by atoms with Crippen molar-refractivity contribution in [2.45, 2.75) is 71.6 Å². The van der Waals surface area contributed by atoms with Crippen LogP contribution in [0.1, 0.15) is 69.2 Å². The second-order valence-corrected chi connectivity index (χ2v) is 13.3. The number of hydrogen-bond acceptors (Lipinski definition) is 3. The summed E-state index contributed by atoms with van der Waals surface area (Å²) in [4.78, 5) is 2.33. The fourth-order valence-electron chi connectivity index (χ4n) is 7.13. The van der Waals surface area contributed by atoms with E-state index in [2.05, 4.69) is 114 Å². The number of likely N-dealkylation sites (N-methyl/N-ethyl adjacent to an activating group) is 1. The number of ether oxygens (including phenoxy) is 2. The number of methoxy groups -OCH3 is 2. The van der Waals surface area contributed by atoms with Crippen molar-refractivity contribution >= 4 is 36.2 Å². The molecule has 2 aromatic rings. The normalized spacial score (nSPS) is 20.1. The van der Waals surface area contributed by atoms with Gasteiger partial charge in [0.05, 0.1) is 19.6 Å². The van der Waals surface area contributed by atoms with E-state index in [1.165, 1.54) is 56.2 Å². The van der Waals surface area contributed by atoms with Gasteiger partial charge in [-0.05, 0) is 99.6 Å². The van der Waals surface area contributed by atoms with E-state index in [9.17, 15) is 12.9 Å². The van der Waals surface area contributed by atoms with Gasteiger partial charge in [0, 0.05) is 46.1 Å². The van der Waals surface area contributed by atoms with Gasteiger partial charge in [-0.15, -0.1) is 0 Å². The molecular formula is C36H44BClF3N2O2+. The zero-order valence-electron chi connectivity index (χ0n) is 28.0. The average Bonchev–Trinajstić information content (AvgIpc) is 3.28. The van der Waals surface area contributed by atoms with Crippen LogP contribution in [0.5, 0.6) is 11.5 Å². The van der Waals surface area contributed by atoms with Crippen molar-refractivity contribution in [1.29, 1.82) is 0 Å². The fraction of sp³-hybridized carbons (Fsp3) is 0.417. The molecule has 0 aromatic heterocycles. The van der Waals surface area contributed by atoms with Crippen LogP contribution in [0.4, 0.5) is 24.3 Å². The van der Waals surface area contributed by atoms with Gasteiger partial charge in [0.1, 0.15) is 18.5 Å². The molecule has 5 rings (SSSR count). The number of benzene rings is 2. The molecule has 0 bridgehead atoms. The Morgan fingerprint density at radius 2 is 1.44 bits per heavy atom. The lowest BCUT2D eigenvalue weighted by atomic mass is 9.80. The van der Waals surface area contributed by atoms with Gasteiger partial charge in [-0.3, -0.25) is 12.9 Å². The molecule has 4 nitrogen and oxygen atoms in total. The first-order chi connectivity index (χ1) is 21.1. The Bertz CT molecular complexity index is 1650. The highest BCUT2D eigenvalue weighted by atomic mass is 35.5. The zero-order chi connectivity index (χ0) is 33.4. The van der Waals surface area contributed by atoms with Crippen molar-refractivity contribution in [2.24, 2.45) is 0 Å². The number of fused-ring (bicyclic) bond motifs is 2. The quantitative estimate of drug-likeness (QED) is 0.241. The number of anilines is 1. The van der Waals surface area contributed by atoms with Crippen molar-refractivity contribution in [3.63, 3.8) is 0 Å². The van der Waals surface area contributed by atoms with Gasteiger partial charge >= 0.3 is 7.54 Å². The van der Waals surface area contributed by atoms with Gasteiger partial charge < -0.3 is 14.4 Å². The minimum absolute atomic E-state index is 0.140. The molecule has 9 heteroatoms. The Morgan fingerprint density at radius 1 is 0.867 bits per heavy atom. The molecule has 45 heavy (non-hydrogen) atoms. The second kappa shape index (κ2) is 13.2. The molecule has 1 aliphatic carbocycles. The smallest absolute Gasteiger partial charge is 0.497 e. The van der Waals surface area contributed by atoms with Crippen molar-refractivity contribution in [2.75, 3.05) is 33.2 Å². The molecule has 2 heterocycles. The first-order valence-electron chi connectivity index (χ1n) is 15.2.